The van der Waals surface area contributed by atoms with Crippen molar-refractivity contribution in [2.24, 2.45) is 17.3 Å². The van der Waals surface area contributed by atoms with Crippen molar-refractivity contribution in [3.8, 4) is 0 Å². The van der Waals surface area contributed by atoms with E-state index in [0.717, 1.165) is 42.1 Å². The number of fused-ring (bicyclic) bond motifs is 1. The number of halogens is 1. The lowest BCUT2D eigenvalue weighted by molar-refractivity contribution is -0.161. The normalized spacial score (nSPS) is 23.7. The van der Waals surface area contributed by atoms with Gasteiger partial charge in [0.2, 0.25) is 0 Å². The molecule has 1 heterocycles. The van der Waals surface area contributed by atoms with Gasteiger partial charge in [-0.05, 0) is 71.8 Å². The number of carbonyl (C=O) groups is 2. The van der Waals surface area contributed by atoms with Gasteiger partial charge in [-0.25, -0.2) is 0 Å². The molecule has 1 aromatic heterocycles. The molecule has 184 valence electrons. The molecule has 2 saturated carbocycles. The summed E-state index contributed by atoms with van der Waals surface area (Å²) in [6, 6.07) is 14.5. The molecule has 2 aliphatic carbocycles. The average molecular weight is 492 g/mol. The standard InChI is InChI=1S/C30H34ClNO3/c1-29(2,3)22-7-5-19(6-8-22)18-32-12-11-23-25(31)10-9-24(27(23)32)26(33)13-20-14-30(15-20)16-21(17-30)28(34)35-4/h5-12,20-21H,13-18H2,1-4H3. The molecule has 2 aromatic carbocycles. The fourth-order valence-corrected chi connectivity index (χ4v) is 6.50. The van der Waals surface area contributed by atoms with Crippen LogP contribution in [0.15, 0.2) is 48.7 Å². The Morgan fingerprint density at radius 3 is 2.34 bits per heavy atom. The Bertz CT molecular complexity index is 1270. The number of carbonyl (C=O) groups excluding carboxylic acids is 2. The van der Waals surface area contributed by atoms with E-state index < -0.39 is 0 Å². The zero-order chi connectivity index (χ0) is 25.0. The molecule has 5 rings (SSSR count). The van der Waals surface area contributed by atoms with E-state index in [4.69, 9.17) is 16.3 Å². The fraction of sp³-hybridized carbons (Fsp3) is 0.467. The van der Waals surface area contributed by atoms with Crippen molar-refractivity contribution in [1.82, 2.24) is 4.57 Å². The monoisotopic (exact) mass is 491 g/mol. The van der Waals surface area contributed by atoms with Crippen LogP contribution in [0.1, 0.15) is 74.4 Å². The van der Waals surface area contributed by atoms with Crippen LogP contribution in [0.2, 0.25) is 5.02 Å². The molecule has 0 aliphatic heterocycles. The smallest absolute Gasteiger partial charge is 0.308 e. The largest absolute Gasteiger partial charge is 0.469 e. The molecule has 0 N–H and O–H groups in total. The van der Waals surface area contributed by atoms with Gasteiger partial charge in [0.05, 0.1) is 18.5 Å². The number of ether oxygens (including phenoxy) is 1. The summed E-state index contributed by atoms with van der Waals surface area (Å²) in [5.74, 6) is 0.527. The predicted molar refractivity (Wildman–Crippen MR) is 140 cm³/mol. The molecule has 0 amide bonds. The molecule has 0 saturated heterocycles. The minimum atomic E-state index is -0.0903. The minimum absolute atomic E-state index is 0.0493. The highest BCUT2D eigenvalue weighted by atomic mass is 35.5. The van der Waals surface area contributed by atoms with Gasteiger partial charge in [-0.1, -0.05) is 56.6 Å². The van der Waals surface area contributed by atoms with Gasteiger partial charge in [-0.15, -0.1) is 0 Å². The Kier molecular flexibility index (Phi) is 6.07. The van der Waals surface area contributed by atoms with E-state index in [1.165, 1.54) is 18.2 Å². The van der Waals surface area contributed by atoms with E-state index in [0.29, 0.717) is 23.9 Å². The maximum Gasteiger partial charge on any atom is 0.308 e. The number of methoxy groups -OCH3 is 1. The van der Waals surface area contributed by atoms with Gasteiger partial charge in [0, 0.05) is 35.1 Å². The number of nitrogens with zero attached hydrogens (tertiary/aromatic N) is 1. The lowest BCUT2D eigenvalue weighted by Gasteiger charge is -2.57. The highest BCUT2D eigenvalue weighted by Gasteiger charge is 2.55. The number of rotatable bonds is 6. The van der Waals surface area contributed by atoms with Crippen LogP contribution < -0.4 is 0 Å². The summed E-state index contributed by atoms with van der Waals surface area (Å²) in [4.78, 5) is 25.2. The molecule has 5 heteroatoms. The van der Waals surface area contributed by atoms with Gasteiger partial charge < -0.3 is 9.30 Å². The molecular formula is C30H34ClNO3. The van der Waals surface area contributed by atoms with Crippen LogP contribution in [-0.2, 0) is 21.5 Å². The molecule has 1 spiro atoms. The van der Waals surface area contributed by atoms with E-state index in [1.807, 2.05) is 24.4 Å². The Morgan fingerprint density at radius 1 is 1.03 bits per heavy atom. The van der Waals surface area contributed by atoms with Crippen LogP contribution in [-0.4, -0.2) is 23.4 Å². The molecule has 2 aliphatic rings. The van der Waals surface area contributed by atoms with Gasteiger partial charge in [-0.2, -0.15) is 0 Å². The van der Waals surface area contributed by atoms with E-state index in [2.05, 4.69) is 49.6 Å². The summed E-state index contributed by atoms with van der Waals surface area (Å²) in [5, 5.41) is 1.60. The molecule has 0 atom stereocenters. The highest BCUT2D eigenvalue weighted by molar-refractivity contribution is 6.36. The minimum Gasteiger partial charge on any atom is -0.469 e. The molecule has 4 nitrogen and oxygen atoms in total. The third-order valence-corrected chi connectivity index (χ3v) is 8.49. The van der Waals surface area contributed by atoms with Crippen molar-refractivity contribution in [3.05, 3.63) is 70.4 Å². The van der Waals surface area contributed by atoms with E-state index in [9.17, 15) is 9.59 Å². The number of hydrogen-bond acceptors (Lipinski definition) is 3. The summed E-state index contributed by atoms with van der Waals surface area (Å²) in [6.45, 7) is 7.34. The molecule has 0 radical (unpaired) electrons. The number of esters is 1. The van der Waals surface area contributed by atoms with Crippen LogP contribution in [0.5, 0.6) is 0 Å². The Morgan fingerprint density at radius 2 is 1.71 bits per heavy atom. The van der Waals surface area contributed by atoms with Gasteiger partial charge in [-0.3, -0.25) is 9.59 Å². The van der Waals surface area contributed by atoms with Crippen molar-refractivity contribution >= 4 is 34.3 Å². The van der Waals surface area contributed by atoms with Crippen LogP contribution in [0, 0.1) is 17.3 Å². The molecule has 35 heavy (non-hydrogen) atoms. The molecule has 3 aromatic rings. The lowest BCUT2D eigenvalue weighted by Crippen LogP contribution is -2.50. The topological polar surface area (TPSA) is 48.3 Å². The Balaban J connectivity index is 1.31. The van der Waals surface area contributed by atoms with Crippen molar-refractivity contribution in [3.63, 3.8) is 0 Å². The van der Waals surface area contributed by atoms with Crippen LogP contribution in [0.25, 0.3) is 10.9 Å². The lowest BCUT2D eigenvalue weighted by atomic mass is 9.47. The van der Waals surface area contributed by atoms with Crippen molar-refractivity contribution in [2.75, 3.05) is 7.11 Å². The first-order chi connectivity index (χ1) is 16.6. The summed E-state index contributed by atoms with van der Waals surface area (Å²) in [7, 11) is 1.46. The maximum absolute atomic E-state index is 13.4. The predicted octanol–water partition coefficient (Wildman–Crippen LogP) is 7.19. The third-order valence-electron chi connectivity index (χ3n) is 8.16. The summed E-state index contributed by atoms with van der Waals surface area (Å²) in [6.07, 6.45) is 6.46. The number of hydrogen-bond donors (Lipinski definition) is 0. The number of Topliss-reactive ketones (excluding diaryl/α,β-unsaturated/α-hetero) is 1. The highest BCUT2D eigenvalue weighted by Crippen LogP contribution is 2.62. The first-order valence-electron chi connectivity index (χ1n) is 12.6. The number of aromatic nitrogens is 1. The molecule has 0 unspecified atom stereocenters. The van der Waals surface area contributed by atoms with Crippen molar-refractivity contribution < 1.29 is 14.3 Å². The number of ketones is 1. The van der Waals surface area contributed by atoms with Crippen molar-refractivity contribution in [1.29, 1.82) is 0 Å². The van der Waals surface area contributed by atoms with Gasteiger partial charge in [0.15, 0.2) is 5.78 Å². The van der Waals surface area contributed by atoms with Gasteiger partial charge in [0.1, 0.15) is 0 Å². The Labute approximate surface area is 212 Å². The van der Waals surface area contributed by atoms with Crippen LogP contribution >= 0.6 is 11.6 Å². The van der Waals surface area contributed by atoms with Crippen LogP contribution in [0.3, 0.4) is 0 Å². The summed E-state index contributed by atoms with van der Waals surface area (Å²) < 4.78 is 7.02. The zero-order valence-corrected chi connectivity index (χ0v) is 21.8. The fourth-order valence-electron chi connectivity index (χ4n) is 6.29. The average Bonchev–Trinajstić information content (AvgIpc) is 3.18. The van der Waals surface area contributed by atoms with Crippen LogP contribution in [0.4, 0.5) is 0 Å². The SMILES string of the molecule is COC(=O)C1CC2(CC(CC(=O)c3ccc(Cl)c4ccn(Cc5ccc(C(C)(C)C)cc5)c34)C2)C1. The van der Waals surface area contributed by atoms with E-state index >= 15 is 0 Å². The second-order valence-corrected chi connectivity index (χ2v) is 12.2. The molecule has 0 bridgehead atoms. The zero-order valence-electron chi connectivity index (χ0n) is 21.1. The Hall–Kier alpha value is -2.59. The van der Waals surface area contributed by atoms with Gasteiger partial charge >= 0.3 is 5.97 Å². The first kappa shape index (κ1) is 24.1. The summed E-state index contributed by atoms with van der Waals surface area (Å²) >= 11 is 6.52. The second kappa shape index (κ2) is 8.81. The van der Waals surface area contributed by atoms with E-state index in [1.54, 1.807) is 0 Å². The van der Waals surface area contributed by atoms with Gasteiger partial charge in [0.25, 0.3) is 0 Å². The third kappa shape index (κ3) is 4.53. The number of benzene rings is 2. The summed E-state index contributed by atoms with van der Waals surface area (Å²) in [5.41, 5.74) is 4.55. The van der Waals surface area contributed by atoms with E-state index in [-0.39, 0.29) is 28.5 Å². The maximum atomic E-state index is 13.4. The molecule has 2 fully saturated rings. The first-order valence-corrected chi connectivity index (χ1v) is 12.9. The quantitative estimate of drug-likeness (QED) is 0.270. The molecular weight excluding hydrogens is 458 g/mol. The second-order valence-electron chi connectivity index (χ2n) is 11.8. The van der Waals surface area contributed by atoms with Crippen molar-refractivity contribution in [2.45, 2.75) is 64.8 Å².